The summed E-state index contributed by atoms with van der Waals surface area (Å²) in [4.78, 5) is 47.4. The summed E-state index contributed by atoms with van der Waals surface area (Å²) in [7, 11) is 0. The third-order valence-corrected chi connectivity index (χ3v) is 3.73. The van der Waals surface area contributed by atoms with Gasteiger partial charge in [-0.05, 0) is 12.0 Å². The molecule has 4 amide bonds. The van der Waals surface area contributed by atoms with Crippen molar-refractivity contribution < 1.29 is 82.1 Å². The number of ether oxygens (including phenoxy) is 1. The molecule has 1 aliphatic heterocycles. The Bertz CT molecular complexity index is 678. The minimum atomic E-state index is -0.497. The van der Waals surface area contributed by atoms with Crippen LogP contribution in [0.25, 0.3) is 5.32 Å². The van der Waals surface area contributed by atoms with Gasteiger partial charge in [-0.3, -0.25) is 19.3 Å². The van der Waals surface area contributed by atoms with Gasteiger partial charge in [-0.25, -0.2) is 0 Å². The van der Waals surface area contributed by atoms with Gasteiger partial charge >= 0.3 is 58.2 Å². The van der Waals surface area contributed by atoms with Crippen LogP contribution in [0, 0.1) is 0 Å². The van der Waals surface area contributed by atoms with Gasteiger partial charge in [-0.15, -0.1) is 5.69 Å². The second-order valence-corrected chi connectivity index (χ2v) is 5.88. The zero-order valence-corrected chi connectivity index (χ0v) is 20.6. The molecule has 0 spiro atoms. The summed E-state index contributed by atoms with van der Waals surface area (Å²) in [6.07, 6.45) is 1.39. The number of imide groups is 1. The number of nitrogens with one attached hydrogen (secondary N) is 1. The number of amides is 4. The first-order valence-corrected chi connectivity index (χ1v) is 8.50. The molecule has 1 aromatic carbocycles. The zero-order chi connectivity index (χ0) is 18.9. The molecule has 1 saturated heterocycles. The molecule has 1 N–H and O–H groups in total. The predicted octanol–water partition coefficient (Wildman–Crippen LogP) is -1.93. The van der Waals surface area contributed by atoms with E-state index < -0.39 is 5.91 Å². The van der Waals surface area contributed by atoms with Gasteiger partial charge in [0.05, 0.1) is 18.9 Å². The molecule has 1 fully saturated rings. The van der Waals surface area contributed by atoms with Gasteiger partial charge in [0, 0.05) is 19.5 Å². The normalized spacial score (nSPS) is 12.6. The van der Waals surface area contributed by atoms with E-state index in [1.54, 1.807) is 24.3 Å². The number of benzene rings is 1. The standard InChI is InChI=1S/C18H23N3O5.Rb/c1-2-8-19-15(22)11-26-12-16(23)20-14-5-3-13(4-6-14)10-18(25)21-9-7-17(21)24;/h3-6H,2,7-12H2,1H3,(H2,19,20,22,23);/q;+1/p-1. The Hall–Kier alpha value is -0.935. The summed E-state index contributed by atoms with van der Waals surface area (Å²) in [5, 5.41) is 6.51. The summed E-state index contributed by atoms with van der Waals surface area (Å²) in [5.74, 6) is -1.13. The zero-order valence-electron chi connectivity index (χ0n) is 15.7. The quantitative estimate of drug-likeness (QED) is 0.445. The van der Waals surface area contributed by atoms with E-state index in [1.165, 1.54) is 4.90 Å². The first kappa shape index (κ1) is 24.1. The molecule has 0 aliphatic carbocycles. The molecular weight excluding hydrogens is 424 g/mol. The SMILES string of the molecule is CCCNC(=O)COCC(=O)[N-]c1ccc(CC(=O)N2CCC2=O)cc1.[Rb+]. The Morgan fingerprint density at radius 1 is 1.19 bits per heavy atom. The van der Waals surface area contributed by atoms with Gasteiger partial charge in [0.25, 0.3) is 0 Å². The molecule has 140 valence electrons. The van der Waals surface area contributed by atoms with Crippen LogP contribution >= 0.6 is 0 Å². The van der Waals surface area contributed by atoms with Crippen LogP contribution in [0.2, 0.25) is 0 Å². The van der Waals surface area contributed by atoms with Crippen LogP contribution < -0.4 is 63.5 Å². The third-order valence-electron chi connectivity index (χ3n) is 3.73. The molecule has 2 rings (SSSR count). The van der Waals surface area contributed by atoms with Crippen LogP contribution in [0.3, 0.4) is 0 Å². The monoisotopic (exact) mass is 445 g/mol. The minimum absolute atomic E-state index is 0. The molecule has 8 nitrogen and oxygen atoms in total. The number of β-lactam (4-membered cyclic amide) rings is 1. The smallest absolute Gasteiger partial charge is 0.625 e. The maximum absolute atomic E-state index is 11.9. The van der Waals surface area contributed by atoms with Crippen molar-refractivity contribution in [3.63, 3.8) is 0 Å². The Labute approximate surface area is 207 Å². The van der Waals surface area contributed by atoms with E-state index in [1.807, 2.05) is 6.92 Å². The molecular formula is C18H22N3O5Rb. The molecule has 0 saturated carbocycles. The summed E-state index contributed by atoms with van der Waals surface area (Å²) in [6, 6.07) is 6.61. The van der Waals surface area contributed by atoms with Gasteiger partial charge in [-0.2, -0.15) is 0 Å². The molecule has 1 aliphatic rings. The maximum Gasteiger partial charge on any atom is 1.00 e. The molecule has 0 aromatic heterocycles. The largest absolute Gasteiger partial charge is 1.00 e. The van der Waals surface area contributed by atoms with Gasteiger partial charge in [-0.1, -0.05) is 31.2 Å². The number of hydrogen-bond acceptors (Lipinski definition) is 5. The topological polar surface area (TPSA) is 107 Å². The van der Waals surface area contributed by atoms with Crippen molar-refractivity contribution in [2.75, 3.05) is 26.3 Å². The van der Waals surface area contributed by atoms with Crippen LogP contribution in [-0.2, 0) is 30.3 Å². The molecule has 0 bridgehead atoms. The predicted molar refractivity (Wildman–Crippen MR) is 93.6 cm³/mol. The molecule has 27 heavy (non-hydrogen) atoms. The average molecular weight is 446 g/mol. The summed E-state index contributed by atoms with van der Waals surface area (Å²) in [5.41, 5.74) is 1.18. The van der Waals surface area contributed by atoms with E-state index in [-0.39, 0.29) is 95.5 Å². The molecule has 0 unspecified atom stereocenters. The molecule has 0 radical (unpaired) electrons. The maximum atomic E-state index is 11.9. The van der Waals surface area contributed by atoms with E-state index in [9.17, 15) is 19.2 Å². The van der Waals surface area contributed by atoms with Crippen molar-refractivity contribution in [1.82, 2.24) is 10.2 Å². The Kier molecular flexibility index (Phi) is 11.2. The van der Waals surface area contributed by atoms with E-state index in [2.05, 4.69) is 10.6 Å². The number of likely N-dealkylation sites (tertiary alicyclic amines) is 1. The fourth-order valence-corrected chi connectivity index (χ4v) is 2.26. The number of nitrogens with zero attached hydrogens (tertiary/aromatic N) is 2. The van der Waals surface area contributed by atoms with Crippen molar-refractivity contribution in [2.45, 2.75) is 26.2 Å². The van der Waals surface area contributed by atoms with Gasteiger partial charge in [0.1, 0.15) is 6.61 Å². The van der Waals surface area contributed by atoms with Crippen LogP contribution in [0.15, 0.2) is 24.3 Å². The van der Waals surface area contributed by atoms with Gasteiger partial charge in [0.2, 0.25) is 17.7 Å². The number of rotatable bonds is 9. The fraction of sp³-hybridized carbons (Fsp3) is 0.444. The number of carbonyl (C=O) groups excluding carboxylic acids is 4. The van der Waals surface area contributed by atoms with Crippen molar-refractivity contribution in [2.24, 2.45) is 0 Å². The van der Waals surface area contributed by atoms with E-state index in [0.29, 0.717) is 25.2 Å². The van der Waals surface area contributed by atoms with E-state index >= 15 is 0 Å². The number of hydrogen-bond donors (Lipinski definition) is 1. The Morgan fingerprint density at radius 3 is 2.44 bits per heavy atom. The Balaban J connectivity index is 0.00000364. The second-order valence-electron chi connectivity index (χ2n) is 5.88. The minimum Gasteiger partial charge on any atom is -0.625 e. The van der Waals surface area contributed by atoms with Crippen LogP contribution in [0.4, 0.5) is 5.69 Å². The average Bonchev–Trinajstić information content (AvgIpc) is 2.60. The van der Waals surface area contributed by atoms with E-state index in [0.717, 1.165) is 12.0 Å². The van der Waals surface area contributed by atoms with Crippen molar-refractivity contribution in [3.8, 4) is 0 Å². The molecule has 1 aromatic rings. The van der Waals surface area contributed by atoms with Gasteiger partial charge < -0.3 is 20.2 Å². The first-order valence-electron chi connectivity index (χ1n) is 8.50. The molecule has 1 heterocycles. The van der Waals surface area contributed by atoms with Crippen LogP contribution in [0.5, 0.6) is 0 Å². The molecule has 9 heteroatoms. The van der Waals surface area contributed by atoms with Crippen molar-refractivity contribution in [3.05, 3.63) is 35.1 Å². The van der Waals surface area contributed by atoms with Crippen molar-refractivity contribution in [1.29, 1.82) is 0 Å². The molecule has 0 atom stereocenters. The Morgan fingerprint density at radius 2 is 1.89 bits per heavy atom. The third kappa shape index (κ3) is 8.31. The second kappa shape index (κ2) is 12.5. The fourth-order valence-electron chi connectivity index (χ4n) is 2.26. The van der Waals surface area contributed by atoms with Crippen LogP contribution in [0.1, 0.15) is 25.3 Å². The summed E-state index contributed by atoms with van der Waals surface area (Å²) in [6.45, 7) is 2.53. The number of carbonyl (C=O) groups is 4. The van der Waals surface area contributed by atoms with E-state index in [4.69, 9.17) is 4.74 Å². The summed E-state index contributed by atoms with van der Waals surface area (Å²) >= 11 is 0. The summed E-state index contributed by atoms with van der Waals surface area (Å²) < 4.78 is 5.02. The first-order chi connectivity index (χ1) is 12.5. The van der Waals surface area contributed by atoms with Gasteiger partial charge in [0.15, 0.2) is 0 Å². The van der Waals surface area contributed by atoms with Crippen LogP contribution in [-0.4, -0.2) is 54.8 Å². The van der Waals surface area contributed by atoms with Crippen molar-refractivity contribution >= 4 is 29.3 Å².